The molecule has 0 spiro atoms. The van der Waals surface area contributed by atoms with Gasteiger partial charge in [-0.15, -0.1) is 11.3 Å². The third-order valence-corrected chi connectivity index (χ3v) is 3.67. The van der Waals surface area contributed by atoms with Crippen molar-refractivity contribution in [2.45, 2.75) is 25.7 Å². The Labute approximate surface area is 99.4 Å². The summed E-state index contributed by atoms with van der Waals surface area (Å²) in [5.41, 5.74) is 1.20. The van der Waals surface area contributed by atoms with Crippen LogP contribution in [-0.4, -0.2) is 13.6 Å². The van der Waals surface area contributed by atoms with Gasteiger partial charge in [-0.25, -0.2) is 0 Å². The summed E-state index contributed by atoms with van der Waals surface area (Å²) in [5, 5.41) is 3.14. The lowest BCUT2D eigenvalue weighted by atomic mass is 10.1. The molecule has 0 unspecified atom stereocenters. The zero-order valence-electron chi connectivity index (χ0n) is 8.28. The largest absolute Gasteiger partial charge is 0.320 e. The topological polar surface area (TPSA) is 12.0 Å². The molecule has 1 heterocycles. The minimum absolute atomic E-state index is 0.792. The fourth-order valence-electron chi connectivity index (χ4n) is 1.34. The fraction of sp³-hybridized carbons (Fsp3) is 0.600. The third kappa shape index (κ3) is 4.18. The quantitative estimate of drug-likeness (QED) is 0.755. The maximum Gasteiger partial charge on any atom is 0.0976 e. The van der Waals surface area contributed by atoms with Gasteiger partial charge in [0.15, 0.2) is 0 Å². The number of halogens is 2. The summed E-state index contributed by atoms with van der Waals surface area (Å²) in [6.45, 7) is 1.10. The number of unbranched alkanes of at least 4 members (excludes halogenated alkanes) is 2. The lowest BCUT2D eigenvalue weighted by Crippen LogP contribution is -2.07. The Morgan fingerprint density at radius 2 is 2.07 bits per heavy atom. The first kappa shape index (κ1) is 12.3. The third-order valence-electron chi connectivity index (χ3n) is 2.10. The van der Waals surface area contributed by atoms with Gasteiger partial charge < -0.3 is 5.32 Å². The molecule has 1 N–H and O–H groups in total. The number of nitrogens with one attached hydrogen (secondary N) is 1. The molecule has 1 aromatic rings. The molecule has 0 radical (unpaired) electrons. The second kappa shape index (κ2) is 6.67. The minimum Gasteiger partial charge on any atom is -0.320 e. The fourth-order valence-corrected chi connectivity index (χ4v) is 2.88. The van der Waals surface area contributed by atoms with Gasteiger partial charge in [0.05, 0.1) is 8.67 Å². The molecule has 0 aliphatic rings. The maximum atomic E-state index is 6.01. The van der Waals surface area contributed by atoms with Gasteiger partial charge in [0.1, 0.15) is 0 Å². The zero-order chi connectivity index (χ0) is 10.4. The van der Waals surface area contributed by atoms with Gasteiger partial charge in [0.2, 0.25) is 0 Å². The predicted molar refractivity (Wildman–Crippen MR) is 65.8 cm³/mol. The van der Waals surface area contributed by atoms with E-state index in [9.17, 15) is 0 Å². The van der Waals surface area contributed by atoms with Gasteiger partial charge in [-0.1, -0.05) is 29.6 Å². The minimum atomic E-state index is 0.792. The van der Waals surface area contributed by atoms with Gasteiger partial charge in [-0.3, -0.25) is 0 Å². The van der Waals surface area contributed by atoms with Crippen molar-refractivity contribution in [3.05, 3.63) is 20.3 Å². The van der Waals surface area contributed by atoms with Crippen molar-refractivity contribution < 1.29 is 0 Å². The van der Waals surface area contributed by atoms with Crippen LogP contribution in [-0.2, 0) is 6.42 Å². The first-order valence-electron chi connectivity index (χ1n) is 4.82. The van der Waals surface area contributed by atoms with Crippen LogP contribution in [0.3, 0.4) is 0 Å². The first-order chi connectivity index (χ1) is 6.74. The monoisotopic (exact) mass is 251 g/mol. The molecule has 1 rings (SSSR count). The molecule has 0 aliphatic carbocycles. The van der Waals surface area contributed by atoms with Crippen molar-refractivity contribution in [1.29, 1.82) is 0 Å². The summed E-state index contributed by atoms with van der Waals surface area (Å²) in [6, 6.07) is 1.98. The Kier molecular flexibility index (Phi) is 5.87. The van der Waals surface area contributed by atoms with Crippen molar-refractivity contribution in [1.82, 2.24) is 5.32 Å². The van der Waals surface area contributed by atoms with Crippen molar-refractivity contribution >= 4 is 34.5 Å². The summed E-state index contributed by atoms with van der Waals surface area (Å²) in [4.78, 5) is 0. The molecule has 0 saturated heterocycles. The summed E-state index contributed by atoms with van der Waals surface area (Å²) >= 11 is 13.3. The van der Waals surface area contributed by atoms with Crippen LogP contribution < -0.4 is 5.32 Å². The Hall–Kier alpha value is 0.240. The molecule has 0 fully saturated rings. The normalized spacial score (nSPS) is 10.8. The van der Waals surface area contributed by atoms with Gasteiger partial charge in [0, 0.05) is 0 Å². The van der Waals surface area contributed by atoms with Crippen LogP contribution >= 0.6 is 34.5 Å². The highest BCUT2D eigenvalue weighted by Gasteiger charge is 2.04. The standard InChI is InChI=1S/C10H15Cl2NS/c1-13-6-4-2-3-5-8-7-9(11)14-10(8)12/h7,13H,2-6H2,1H3. The Morgan fingerprint density at radius 3 is 2.64 bits per heavy atom. The summed E-state index contributed by atoms with van der Waals surface area (Å²) in [7, 11) is 1.98. The number of hydrogen-bond acceptors (Lipinski definition) is 2. The van der Waals surface area contributed by atoms with Crippen molar-refractivity contribution in [3.63, 3.8) is 0 Å². The van der Waals surface area contributed by atoms with E-state index in [1.807, 2.05) is 13.1 Å². The van der Waals surface area contributed by atoms with E-state index in [0.717, 1.165) is 21.6 Å². The number of aryl methyl sites for hydroxylation is 1. The van der Waals surface area contributed by atoms with Crippen molar-refractivity contribution in [2.24, 2.45) is 0 Å². The molecule has 4 heteroatoms. The predicted octanol–water partition coefficient (Wildman–Crippen LogP) is 3.99. The van der Waals surface area contributed by atoms with Crippen molar-refractivity contribution in [2.75, 3.05) is 13.6 Å². The van der Waals surface area contributed by atoms with E-state index in [1.54, 1.807) is 0 Å². The molecule has 0 aromatic carbocycles. The van der Waals surface area contributed by atoms with Crippen LogP contribution in [0.15, 0.2) is 6.07 Å². The molecular weight excluding hydrogens is 237 g/mol. The van der Waals surface area contributed by atoms with E-state index in [1.165, 1.54) is 36.2 Å². The van der Waals surface area contributed by atoms with E-state index in [-0.39, 0.29) is 0 Å². The second-order valence-corrected chi connectivity index (χ2v) is 5.55. The summed E-state index contributed by atoms with van der Waals surface area (Å²) < 4.78 is 1.64. The van der Waals surface area contributed by atoms with E-state index >= 15 is 0 Å². The van der Waals surface area contributed by atoms with Gasteiger partial charge in [-0.05, 0) is 44.5 Å². The highest BCUT2D eigenvalue weighted by atomic mass is 35.5. The van der Waals surface area contributed by atoms with Crippen LogP contribution in [0.1, 0.15) is 24.8 Å². The van der Waals surface area contributed by atoms with Crippen LogP contribution in [0.4, 0.5) is 0 Å². The van der Waals surface area contributed by atoms with Gasteiger partial charge in [0.25, 0.3) is 0 Å². The molecule has 1 aromatic heterocycles. The van der Waals surface area contributed by atoms with Crippen molar-refractivity contribution in [3.8, 4) is 0 Å². The molecule has 1 nitrogen and oxygen atoms in total. The SMILES string of the molecule is CNCCCCCc1cc(Cl)sc1Cl. The molecule has 0 atom stereocenters. The lowest BCUT2D eigenvalue weighted by molar-refractivity contribution is 0.643. The van der Waals surface area contributed by atoms with Gasteiger partial charge >= 0.3 is 0 Å². The molecule has 14 heavy (non-hydrogen) atoms. The molecule has 0 bridgehead atoms. The van der Waals surface area contributed by atoms with E-state index in [0.29, 0.717) is 0 Å². The van der Waals surface area contributed by atoms with Crippen LogP contribution in [0.2, 0.25) is 8.67 Å². The average molecular weight is 252 g/mol. The Bertz CT molecular complexity index is 273. The molecule has 0 saturated carbocycles. The smallest absolute Gasteiger partial charge is 0.0976 e. The van der Waals surface area contributed by atoms with E-state index in [4.69, 9.17) is 23.2 Å². The lowest BCUT2D eigenvalue weighted by Gasteiger charge is -1.99. The highest BCUT2D eigenvalue weighted by Crippen LogP contribution is 2.32. The van der Waals surface area contributed by atoms with Crippen LogP contribution in [0, 0.1) is 0 Å². The number of thiophene rings is 1. The highest BCUT2D eigenvalue weighted by molar-refractivity contribution is 7.20. The maximum absolute atomic E-state index is 6.01. The first-order valence-corrected chi connectivity index (χ1v) is 6.39. The summed E-state index contributed by atoms with van der Waals surface area (Å²) in [6.07, 6.45) is 4.71. The number of rotatable bonds is 6. The van der Waals surface area contributed by atoms with Crippen LogP contribution in [0.25, 0.3) is 0 Å². The second-order valence-electron chi connectivity index (χ2n) is 3.26. The summed E-state index contributed by atoms with van der Waals surface area (Å²) in [5.74, 6) is 0. The number of hydrogen-bond donors (Lipinski definition) is 1. The van der Waals surface area contributed by atoms with Gasteiger partial charge in [-0.2, -0.15) is 0 Å². The zero-order valence-corrected chi connectivity index (χ0v) is 10.6. The van der Waals surface area contributed by atoms with E-state index < -0.39 is 0 Å². The molecule has 80 valence electrons. The Balaban J connectivity index is 2.21. The molecular formula is C10H15Cl2NS. The Morgan fingerprint density at radius 1 is 1.29 bits per heavy atom. The average Bonchev–Trinajstić information content (AvgIpc) is 2.45. The van der Waals surface area contributed by atoms with Crippen LogP contribution in [0.5, 0.6) is 0 Å². The molecule has 0 amide bonds. The van der Waals surface area contributed by atoms with E-state index in [2.05, 4.69) is 5.32 Å². The molecule has 0 aliphatic heterocycles.